The summed E-state index contributed by atoms with van der Waals surface area (Å²) in [6.45, 7) is 3.99. The summed E-state index contributed by atoms with van der Waals surface area (Å²) >= 11 is 0. The smallest absolute Gasteiger partial charge is 0.223 e. The van der Waals surface area contributed by atoms with E-state index in [0.717, 1.165) is 48.9 Å². The van der Waals surface area contributed by atoms with Crippen molar-refractivity contribution in [3.63, 3.8) is 0 Å². The van der Waals surface area contributed by atoms with Crippen molar-refractivity contribution in [2.24, 2.45) is 4.99 Å². The number of rotatable bonds is 8. The van der Waals surface area contributed by atoms with Gasteiger partial charge < -0.3 is 20.4 Å². The van der Waals surface area contributed by atoms with Crippen LogP contribution >= 0.6 is 0 Å². The molecule has 1 aliphatic rings. The Kier molecular flexibility index (Phi) is 8.56. The van der Waals surface area contributed by atoms with Gasteiger partial charge in [-0.3, -0.25) is 4.99 Å². The molecule has 2 N–H and O–H groups in total. The Balaban J connectivity index is 0.000000751. The minimum atomic E-state index is -1.08. The van der Waals surface area contributed by atoms with Crippen LogP contribution in [-0.2, 0) is 17.8 Å². The van der Waals surface area contributed by atoms with Gasteiger partial charge in [0.25, 0.3) is 0 Å². The average Bonchev–Trinajstić information content (AvgIpc) is 3.37. The SMILES string of the molecule is CC(=O)[O-].CCCCCn1ncc(N=CC2=C(c3ccc(OC)cc3)[n+]3ccccc3C2)c1N. The number of carboxylic acids is 1. The summed E-state index contributed by atoms with van der Waals surface area (Å²) in [4.78, 5) is 13.6. The lowest BCUT2D eigenvalue weighted by molar-refractivity contribution is -0.582. The first-order chi connectivity index (χ1) is 16.4. The number of nitrogen functional groups attached to an aromatic ring is 1. The van der Waals surface area contributed by atoms with Gasteiger partial charge in [0, 0.05) is 36.4 Å². The largest absolute Gasteiger partial charge is 0.550 e. The van der Waals surface area contributed by atoms with E-state index < -0.39 is 5.97 Å². The second-order valence-corrected chi connectivity index (χ2v) is 7.94. The van der Waals surface area contributed by atoms with Crippen LogP contribution in [0.2, 0.25) is 0 Å². The van der Waals surface area contributed by atoms with Crippen molar-refractivity contribution < 1.29 is 19.2 Å². The molecule has 0 fully saturated rings. The van der Waals surface area contributed by atoms with E-state index in [0.29, 0.717) is 11.5 Å². The van der Waals surface area contributed by atoms with Gasteiger partial charge in [0.2, 0.25) is 5.70 Å². The molecule has 2 aromatic heterocycles. The molecule has 34 heavy (non-hydrogen) atoms. The number of aryl methyl sites for hydroxylation is 1. The van der Waals surface area contributed by atoms with Gasteiger partial charge >= 0.3 is 0 Å². The highest BCUT2D eigenvalue weighted by molar-refractivity contribution is 5.92. The fraction of sp³-hybridized carbons (Fsp3) is 0.308. The Morgan fingerprint density at radius 2 is 2.00 bits per heavy atom. The molecule has 3 heterocycles. The molecular weight excluding hydrogens is 430 g/mol. The monoisotopic (exact) mass is 461 g/mol. The first-order valence-corrected chi connectivity index (χ1v) is 11.3. The van der Waals surface area contributed by atoms with Crippen molar-refractivity contribution in [2.75, 3.05) is 12.8 Å². The Labute approximate surface area is 200 Å². The number of allylic oxidation sites excluding steroid dienone is 1. The summed E-state index contributed by atoms with van der Waals surface area (Å²) in [5, 5.41) is 13.3. The summed E-state index contributed by atoms with van der Waals surface area (Å²) in [6.07, 6.45) is 10.0. The highest BCUT2D eigenvalue weighted by Crippen LogP contribution is 2.27. The first-order valence-electron chi connectivity index (χ1n) is 11.3. The van der Waals surface area contributed by atoms with Gasteiger partial charge in [0.15, 0.2) is 11.9 Å². The molecule has 1 aromatic carbocycles. The minimum Gasteiger partial charge on any atom is -0.550 e. The lowest BCUT2D eigenvalue weighted by atomic mass is 10.1. The molecular formula is C26H31N5O3. The van der Waals surface area contributed by atoms with E-state index in [9.17, 15) is 0 Å². The van der Waals surface area contributed by atoms with Crippen LogP contribution in [0, 0.1) is 0 Å². The molecule has 8 nitrogen and oxygen atoms in total. The maximum atomic E-state index is 8.89. The lowest BCUT2D eigenvalue weighted by Crippen LogP contribution is -2.33. The summed E-state index contributed by atoms with van der Waals surface area (Å²) in [6, 6.07) is 14.4. The molecule has 1 aliphatic heterocycles. The van der Waals surface area contributed by atoms with E-state index in [-0.39, 0.29) is 0 Å². The van der Waals surface area contributed by atoms with Gasteiger partial charge in [-0.2, -0.15) is 9.67 Å². The second-order valence-electron chi connectivity index (χ2n) is 7.94. The zero-order valence-corrected chi connectivity index (χ0v) is 19.9. The summed E-state index contributed by atoms with van der Waals surface area (Å²) in [5.41, 5.74) is 11.6. The first kappa shape index (κ1) is 24.7. The van der Waals surface area contributed by atoms with Crippen molar-refractivity contribution in [3.05, 3.63) is 71.7 Å². The molecule has 4 rings (SSSR count). The number of unbranched alkanes of at least 4 members (excludes halogenated alkanes) is 2. The normalized spacial score (nSPS) is 12.4. The van der Waals surface area contributed by atoms with E-state index in [2.05, 4.69) is 47.1 Å². The van der Waals surface area contributed by atoms with Gasteiger partial charge in [0.1, 0.15) is 17.3 Å². The number of pyridine rings is 1. The molecule has 0 radical (unpaired) electrons. The van der Waals surface area contributed by atoms with Crippen LogP contribution in [0.5, 0.6) is 5.75 Å². The second kappa shape index (κ2) is 11.8. The van der Waals surface area contributed by atoms with Crippen molar-refractivity contribution >= 4 is 29.4 Å². The van der Waals surface area contributed by atoms with Crippen LogP contribution in [-0.4, -0.2) is 29.1 Å². The van der Waals surface area contributed by atoms with Crippen molar-refractivity contribution in [3.8, 4) is 5.75 Å². The number of carbonyl (C=O) groups is 1. The van der Waals surface area contributed by atoms with Crippen LogP contribution in [0.15, 0.2) is 65.4 Å². The minimum absolute atomic E-state index is 0.622. The summed E-state index contributed by atoms with van der Waals surface area (Å²) in [7, 11) is 1.68. The van der Waals surface area contributed by atoms with E-state index in [4.69, 9.17) is 25.4 Å². The number of aromatic nitrogens is 3. The van der Waals surface area contributed by atoms with Crippen LogP contribution < -0.4 is 20.1 Å². The summed E-state index contributed by atoms with van der Waals surface area (Å²) < 4.78 is 9.38. The number of carboxylic acid groups (broad SMARTS) is 1. The fourth-order valence-corrected chi connectivity index (χ4v) is 3.78. The van der Waals surface area contributed by atoms with E-state index in [1.54, 1.807) is 13.3 Å². The predicted molar refractivity (Wildman–Crippen MR) is 131 cm³/mol. The third-order valence-corrected chi connectivity index (χ3v) is 5.42. The van der Waals surface area contributed by atoms with Gasteiger partial charge in [-0.15, -0.1) is 0 Å². The zero-order valence-electron chi connectivity index (χ0n) is 19.9. The van der Waals surface area contributed by atoms with Gasteiger partial charge in [-0.1, -0.05) is 25.8 Å². The highest BCUT2D eigenvalue weighted by Gasteiger charge is 2.30. The van der Waals surface area contributed by atoms with Crippen LogP contribution in [0.3, 0.4) is 0 Å². The van der Waals surface area contributed by atoms with Crippen LogP contribution in [0.1, 0.15) is 44.4 Å². The molecule has 0 bridgehead atoms. The number of methoxy groups -OCH3 is 1. The Hall–Kier alpha value is -3.94. The standard InChI is InChI=1S/C24H28N5O.C2H4O2/c1-3-4-6-14-29-24(25)22(17-27-29)26-16-19-15-20-8-5-7-13-28(20)23(19)18-9-11-21(30-2)12-10-18;1-2(3)4/h5,7-13,16-17H,3-4,6,14-15,25H2,1-2H3;1H3,(H,3,4)/q+1;/p-1. The van der Waals surface area contributed by atoms with Crippen LogP contribution in [0.25, 0.3) is 5.70 Å². The number of hydrogen-bond acceptors (Lipinski definition) is 6. The maximum Gasteiger partial charge on any atom is 0.223 e. The topological polar surface area (TPSA) is 109 Å². The molecule has 0 aliphatic carbocycles. The number of benzene rings is 1. The molecule has 0 saturated carbocycles. The van der Waals surface area contributed by atoms with Crippen molar-refractivity contribution in [1.29, 1.82) is 0 Å². The third-order valence-electron chi connectivity index (χ3n) is 5.42. The highest BCUT2D eigenvalue weighted by atomic mass is 16.5. The van der Waals surface area contributed by atoms with Gasteiger partial charge in [-0.25, -0.2) is 4.68 Å². The van der Waals surface area contributed by atoms with E-state index in [1.807, 2.05) is 29.1 Å². The quantitative estimate of drug-likeness (QED) is 0.315. The predicted octanol–water partition coefficient (Wildman–Crippen LogP) is 2.93. The van der Waals surface area contributed by atoms with Crippen LogP contribution in [0.4, 0.5) is 11.5 Å². The molecule has 0 amide bonds. The molecule has 8 heteroatoms. The Morgan fingerprint density at radius 1 is 1.26 bits per heavy atom. The number of ether oxygens (including phenoxy) is 1. The third kappa shape index (κ3) is 6.10. The Bertz CT molecular complexity index is 1180. The molecule has 178 valence electrons. The molecule has 0 unspecified atom stereocenters. The van der Waals surface area contributed by atoms with E-state index in [1.165, 1.54) is 18.5 Å². The molecule has 0 spiro atoms. The zero-order chi connectivity index (χ0) is 24.5. The maximum absolute atomic E-state index is 8.89. The fourth-order valence-electron chi connectivity index (χ4n) is 3.78. The lowest BCUT2D eigenvalue weighted by Gasteiger charge is -2.04. The Morgan fingerprint density at radius 3 is 2.68 bits per heavy atom. The van der Waals surface area contributed by atoms with Crippen molar-refractivity contribution in [2.45, 2.75) is 46.1 Å². The number of nitrogens with zero attached hydrogens (tertiary/aromatic N) is 4. The number of hydrogen-bond donors (Lipinski definition) is 1. The number of nitrogens with two attached hydrogens (primary N) is 1. The number of aliphatic carboxylic acids is 1. The number of aliphatic imine (C=N–C) groups is 1. The number of carbonyl (C=O) groups excluding carboxylic acids is 1. The number of anilines is 1. The van der Waals surface area contributed by atoms with E-state index >= 15 is 0 Å². The summed E-state index contributed by atoms with van der Waals surface area (Å²) in [5.74, 6) is 0.381. The van der Waals surface area contributed by atoms with Crippen molar-refractivity contribution in [1.82, 2.24) is 9.78 Å². The molecule has 3 aromatic rings. The van der Waals surface area contributed by atoms with Gasteiger partial charge in [-0.05, 0) is 37.6 Å². The molecule has 0 saturated heterocycles. The number of fused-ring (bicyclic) bond motifs is 1. The van der Waals surface area contributed by atoms with Gasteiger partial charge in [0.05, 0.1) is 25.3 Å². The average molecular weight is 462 g/mol. The molecule has 0 atom stereocenters.